The number of aromatic nitrogens is 3. The molecule has 0 fully saturated rings. The van der Waals surface area contributed by atoms with E-state index in [1.807, 2.05) is 55.6 Å². The van der Waals surface area contributed by atoms with E-state index in [0.717, 1.165) is 11.3 Å². The third-order valence-electron chi connectivity index (χ3n) is 5.05. The zero-order valence-electron chi connectivity index (χ0n) is 18.6. The molecule has 170 valence electrons. The maximum atomic E-state index is 13.1. The van der Waals surface area contributed by atoms with Crippen molar-refractivity contribution in [1.82, 2.24) is 14.5 Å². The fraction of sp³-hybridized carbons (Fsp3) is 0.250. The van der Waals surface area contributed by atoms with Crippen LogP contribution in [0.25, 0.3) is 22.2 Å². The van der Waals surface area contributed by atoms with Gasteiger partial charge in [0.25, 0.3) is 5.56 Å². The molecule has 0 aliphatic carbocycles. The van der Waals surface area contributed by atoms with Gasteiger partial charge in [-0.25, -0.2) is 9.97 Å². The SMILES string of the molecule is COC[C@@H](C)n1c(SCC(=O)Nc2nc(-c3ccc(C)cc3)cs2)nc2ccccc2c1=O. The average molecular weight is 481 g/mol. The van der Waals surface area contributed by atoms with Crippen molar-refractivity contribution in [2.24, 2.45) is 0 Å². The molecule has 9 heteroatoms. The van der Waals surface area contributed by atoms with Crippen molar-refractivity contribution in [3.8, 4) is 11.3 Å². The van der Waals surface area contributed by atoms with Gasteiger partial charge in [0.1, 0.15) is 0 Å². The van der Waals surface area contributed by atoms with E-state index in [1.165, 1.54) is 28.7 Å². The number of hydrogen-bond acceptors (Lipinski definition) is 7. The van der Waals surface area contributed by atoms with Gasteiger partial charge < -0.3 is 10.1 Å². The minimum Gasteiger partial charge on any atom is -0.383 e. The van der Waals surface area contributed by atoms with E-state index < -0.39 is 0 Å². The largest absolute Gasteiger partial charge is 0.383 e. The lowest BCUT2D eigenvalue weighted by molar-refractivity contribution is -0.113. The van der Waals surface area contributed by atoms with Gasteiger partial charge >= 0.3 is 0 Å². The fourth-order valence-corrected chi connectivity index (χ4v) is 5.04. The third kappa shape index (κ3) is 5.32. The number of thiazole rings is 1. The predicted molar refractivity (Wildman–Crippen MR) is 134 cm³/mol. The first kappa shape index (κ1) is 23.2. The van der Waals surface area contributed by atoms with E-state index in [9.17, 15) is 9.59 Å². The molecule has 0 aliphatic heterocycles. The highest BCUT2D eigenvalue weighted by molar-refractivity contribution is 7.99. The number of rotatable bonds is 8. The summed E-state index contributed by atoms with van der Waals surface area (Å²) < 4.78 is 6.85. The fourth-order valence-electron chi connectivity index (χ4n) is 3.41. The van der Waals surface area contributed by atoms with Crippen molar-refractivity contribution >= 4 is 45.0 Å². The molecule has 0 aliphatic rings. The van der Waals surface area contributed by atoms with Gasteiger partial charge in [0, 0.05) is 18.1 Å². The Labute approximate surface area is 199 Å². The molecule has 0 saturated carbocycles. The van der Waals surface area contributed by atoms with Gasteiger partial charge in [0.2, 0.25) is 5.91 Å². The maximum Gasteiger partial charge on any atom is 0.262 e. The molecule has 0 unspecified atom stereocenters. The first-order valence-electron chi connectivity index (χ1n) is 10.4. The van der Waals surface area contributed by atoms with Crippen molar-refractivity contribution in [1.29, 1.82) is 0 Å². The number of amides is 1. The second-order valence-corrected chi connectivity index (χ2v) is 9.43. The second-order valence-electron chi connectivity index (χ2n) is 7.63. The Morgan fingerprint density at radius 2 is 1.94 bits per heavy atom. The Morgan fingerprint density at radius 1 is 1.18 bits per heavy atom. The number of hydrogen-bond donors (Lipinski definition) is 1. The highest BCUT2D eigenvalue weighted by Crippen LogP contribution is 2.26. The smallest absolute Gasteiger partial charge is 0.262 e. The van der Waals surface area contributed by atoms with Crippen LogP contribution < -0.4 is 10.9 Å². The Morgan fingerprint density at radius 3 is 2.70 bits per heavy atom. The third-order valence-corrected chi connectivity index (χ3v) is 6.76. The number of anilines is 1. The van der Waals surface area contributed by atoms with Crippen LogP contribution in [0.3, 0.4) is 0 Å². The molecule has 4 aromatic rings. The predicted octanol–water partition coefficient (Wildman–Crippen LogP) is 4.77. The van der Waals surface area contributed by atoms with Gasteiger partial charge in [0.05, 0.1) is 35.0 Å². The lowest BCUT2D eigenvalue weighted by Gasteiger charge is -2.18. The Bertz CT molecular complexity index is 1330. The molecule has 2 heterocycles. The van der Waals surface area contributed by atoms with Crippen LogP contribution in [0.1, 0.15) is 18.5 Å². The van der Waals surface area contributed by atoms with E-state index in [0.29, 0.717) is 27.8 Å². The second kappa shape index (κ2) is 10.3. The minimum absolute atomic E-state index is 0.101. The van der Waals surface area contributed by atoms with E-state index >= 15 is 0 Å². The van der Waals surface area contributed by atoms with Gasteiger partial charge in [-0.2, -0.15) is 0 Å². The standard InChI is InChI=1S/C24H24N4O3S2/c1-15-8-10-17(11-9-15)20-13-32-23(25-20)27-21(29)14-33-24-26-19-7-5-4-6-18(19)22(30)28(24)16(2)12-31-3/h4-11,13,16H,12,14H2,1-3H3,(H,25,27,29)/t16-/m1/s1. The number of methoxy groups -OCH3 is 1. The summed E-state index contributed by atoms with van der Waals surface area (Å²) in [6, 6.07) is 15.1. The van der Waals surface area contributed by atoms with Crippen LogP contribution in [0.4, 0.5) is 5.13 Å². The van der Waals surface area contributed by atoms with Crippen LogP contribution in [0.5, 0.6) is 0 Å². The molecule has 2 aromatic heterocycles. The summed E-state index contributed by atoms with van der Waals surface area (Å²) in [5, 5.41) is 6.33. The Hall–Kier alpha value is -3.01. The van der Waals surface area contributed by atoms with Gasteiger partial charge in [-0.3, -0.25) is 14.2 Å². The van der Waals surface area contributed by atoms with Crippen molar-refractivity contribution in [2.75, 3.05) is 24.8 Å². The molecule has 1 N–H and O–H groups in total. The summed E-state index contributed by atoms with van der Waals surface area (Å²) in [5.74, 6) is -0.109. The Kier molecular flexibility index (Phi) is 7.22. The number of carbonyl (C=O) groups excluding carboxylic acids is 1. The van der Waals surface area contributed by atoms with Crippen LogP contribution in [0, 0.1) is 6.92 Å². The van der Waals surface area contributed by atoms with Crippen molar-refractivity contribution < 1.29 is 9.53 Å². The van der Waals surface area contributed by atoms with E-state index in [1.54, 1.807) is 23.8 Å². The molecule has 0 spiro atoms. The highest BCUT2D eigenvalue weighted by Gasteiger charge is 2.18. The summed E-state index contributed by atoms with van der Waals surface area (Å²) in [6.45, 7) is 4.29. The van der Waals surface area contributed by atoms with Crippen LogP contribution in [0.15, 0.2) is 63.9 Å². The van der Waals surface area contributed by atoms with E-state index in [2.05, 4.69) is 15.3 Å². The van der Waals surface area contributed by atoms with Crippen LogP contribution >= 0.6 is 23.1 Å². The lowest BCUT2D eigenvalue weighted by Crippen LogP contribution is -2.29. The van der Waals surface area contributed by atoms with Crippen molar-refractivity contribution in [3.05, 3.63) is 69.8 Å². The zero-order valence-corrected chi connectivity index (χ0v) is 20.2. The minimum atomic E-state index is -0.221. The molecular formula is C24H24N4O3S2. The number of para-hydroxylation sites is 1. The monoisotopic (exact) mass is 480 g/mol. The molecule has 1 amide bonds. The number of aryl methyl sites for hydroxylation is 1. The number of nitrogens with zero attached hydrogens (tertiary/aromatic N) is 3. The summed E-state index contributed by atoms with van der Waals surface area (Å²) in [4.78, 5) is 34.9. The van der Waals surface area contributed by atoms with Gasteiger partial charge in [0.15, 0.2) is 10.3 Å². The van der Waals surface area contributed by atoms with Gasteiger partial charge in [-0.05, 0) is 26.0 Å². The van der Waals surface area contributed by atoms with Crippen LogP contribution in [-0.2, 0) is 9.53 Å². The summed E-state index contributed by atoms with van der Waals surface area (Å²) in [7, 11) is 1.59. The zero-order chi connectivity index (χ0) is 23.4. The van der Waals surface area contributed by atoms with Gasteiger partial charge in [-0.1, -0.05) is 53.7 Å². The number of ether oxygens (including phenoxy) is 1. The number of benzene rings is 2. The quantitative estimate of drug-likeness (QED) is 0.289. The van der Waals surface area contributed by atoms with Gasteiger partial charge in [-0.15, -0.1) is 11.3 Å². The molecule has 0 radical (unpaired) electrons. The number of fused-ring (bicyclic) bond motifs is 1. The summed E-state index contributed by atoms with van der Waals surface area (Å²) in [6.07, 6.45) is 0. The number of thioether (sulfide) groups is 1. The normalized spacial score (nSPS) is 12.1. The molecular weight excluding hydrogens is 456 g/mol. The van der Waals surface area contributed by atoms with E-state index in [-0.39, 0.29) is 23.3 Å². The first-order chi connectivity index (χ1) is 16.0. The number of carbonyl (C=O) groups is 1. The molecule has 33 heavy (non-hydrogen) atoms. The van der Waals surface area contributed by atoms with Crippen molar-refractivity contribution in [3.63, 3.8) is 0 Å². The van der Waals surface area contributed by atoms with Crippen LogP contribution in [0.2, 0.25) is 0 Å². The van der Waals surface area contributed by atoms with E-state index in [4.69, 9.17) is 4.74 Å². The molecule has 7 nitrogen and oxygen atoms in total. The molecule has 0 saturated heterocycles. The molecule has 1 atom stereocenters. The molecule has 2 aromatic carbocycles. The number of nitrogens with one attached hydrogen (secondary N) is 1. The Balaban J connectivity index is 1.50. The molecule has 0 bridgehead atoms. The molecule has 4 rings (SSSR count). The maximum absolute atomic E-state index is 13.1. The first-order valence-corrected chi connectivity index (χ1v) is 12.3. The topological polar surface area (TPSA) is 86.1 Å². The van der Waals surface area contributed by atoms with Crippen LogP contribution in [-0.4, -0.2) is 39.9 Å². The average Bonchev–Trinajstić information content (AvgIpc) is 3.26. The van der Waals surface area contributed by atoms with Crippen molar-refractivity contribution in [2.45, 2.75) is 25.0 Å². The highest BCUT2D eigenvalue weighted by atomic mass is 32.2. The summed E-state index contributed by atoms with van der Waals surface area (Å²) >= 11 is 2.60. The lowest BCUT2D eigenvalue weighted by atomic mass is 10.1. The summed E-state index contributed by atoms with van der Waals surface area (Å²) in [5.41, 5.74) is 3.47.